The molecule has 0 saturated carbocycles. The highest BCUT2D eigenvalue weighted by molar-refractivity contribution is 9.11. The summed E-state index contributed by atoms with van der Waals surface area (Å²) in [6, 6.07) is 12.7. The molecule has 11 rings (SSSR count). The highest BCUT2D eigenvalue weighted by Crippen LogP contribution is 2.48. The van der Waals surface area contributed by atoms with Crippen molar-refractivity contribution in [2.75, 3.05) is 58.2 Å². The summed E-state index contributed by atoms with van der Waals surface area (Å²) in [6.45, 7) is 8.18. The van der Waals surface area contributed by atoms with Gasteiger partial charge in [-0.3, -0.25) is 29.1 Å². The Morgan fingerprint density at radius 3 is 1.32 bits per heavy atom. The molecule has 4 aliphatic heterocycles. The lowest BCUT2D eigenvalue weighted by molar-refractivity contribution is -0.136. The SMILES string of the molecule is Cc1cn(CC(=O)N2CCC(CC(=O)N3CCC([C@H]4c5ncc(Br)cc5CCc5cc(Cl)cc(Br)c54)CC3)CC2)cn1.O=C(CCl)N1CCC(CC(=O)N2CCC([C@H]3c4ncc(Br)cc4CCc4cc(Cl)cc(Br)c43)CC2)CC1. The second-order valence-corrected chi connectivity index (χ2v) is 27.3. The van der Waals surface area contributed by atoms with Crippen molar-refractivity contribution in [1.29, 1.82) is 0 Å². The molecule has 6 aliphatic rings. The van der Waals surface area contributed by atoms with Crippen molar-refractivity contribution < 1.29 is 19.2 Å². The summed E-state index contributed by atoms with van der Waals surface area (Å²) in [5.41, 5.74) is 11.0. The van der Waals surface area contributed by atoms with Gasteiger partial charge in [-0.15, -0.1) is 11.6 Å². The minimum absolute atomic E-state index is 0.00840. The van der Waals surface area contributed by atoms with Crippen LogP contribution in [0.15, 0.2) is 79.2 Å². The summed E-state index contributed by atoms with van der Waals surface area (Å²) in [5, 5.41) is 1.51. The zero-order valence-corrected chi connectivity index (χ0v) is 53.2. The molecule has 0 bridgehead atoms. The first-order valence-electron chi connectivity index (χ1n) is 28.0. The van der Waals surface area contributed by atoms with Gasteiger partial charge in [0, 0.05) is 124 Å². The molecule has 2 atom stereocenters. The number of aryl methyl sites for hydroxylation is 5. The predicted octanol–water partition coefficient (Wildman–Crippen LogP) is 13.2. The Balaban J connectivity index is 0.000000180. The number of pyridine rings is 2. The van der Waals surface area contributed by atoms with E-state index in [1.807, 2.05) is 52.0 Å². The lowest BCUT2D eigenvalue weighted by Gasteiger charge is -2.38. The van der Waals surface area contributed by atoms with E-state index in [0.29, 0.717) is 56.1 Å². The third kappa shape index (κ3) is 14.0. The highest BCUT2D eigenvalue weighted by Gasteiger charge is 2.39. The van der Waals surface area contributed by atoms with Gasteiger partial charge in [0.1, 0.15) is 12.4 Å². The molecule has 0 unspecified atom stereocenters. The first-order chi connectivity index (χ1) is 38.1. The summed E-state index contributed by atoms with van der Waals surface area (Å²) in [5.74, 6) is 2.46. The molecule has 4 fully saturated rings. The number of alkyl halides is 1. The minimum atomic E-state index is -0.00840. The van der Waals surface area contributed by atoms with Gasteiger partial charge in [0.15, 0.2) is 0 Å². The van der Waals surface area contributed by atoms with Crippen molar-refractivity contribution in [3.05, 3.63) is 140 Å². The van der Waals surface area contributed by atoms with E-state index < -0.39 is 0 Å². The molecule has 4 saturated heterocycles. The first kappa shape index (κ1) is 58.8. The van der Waals surface area contributed by atoms with E-state index >= 15 is 0 Å². The quantitative estimate of drug-likeness (QED) is 0.135. The number of nitrogens with zero attached hydrogens (tertiary/aromatic N) is 8. The fourth-order valence-electron chi connectivity index (χ4n) is 13.4. The van der Waals surface area contributed by atoms with Crippen LogP contribution < -0.4 is 0 Å². The van der Waals surface area contributed by atoms with Crippen molar-refractivity contribution in [3.8, 4) is 0 Å². The molecule has 79 heavy (non-hydrogen) atoms. The van der Waals surface area contributed by atoms with Gasteiger partial charge in [-0.1, -0.05) is 55.1 Å². The Labute approximate surface area is 513 Å². The molecule has 3 aromatic heterocycles. The van der Waals surface area contributed by atoms with Gasteiger partial charge in [-0.25, -0.2) is 4.98 Å². The van der Waals surface area contributed by atoms with Crippen LogP contribution in [0.25, 0.3) is 0 Å². The van der Waals surface area contributed by atoms with Crippen LogP contribution in [0.5, 0.6) is 0 Å². The van der Waals surface area contributed by atoms with Gasteiger partial charge in [0.25, 0.3) is 0 Å². The fraction of sp³-hybridized carbons (Fsp3) is 0.517. The van der Waals surface area contributed by atoms with Crippen molar-refractivity contribution in [1.82, 2.24) is 39.1 Å². The van der Waals surface area contributed by atoms with E-state index in [2.05, 4.69) is 103 Å². The smallest absolute Gasteiger partial charge is 0.242 e. The van der Waals surface area contributed by atoms with Crippen LogP contribution >= 0.6 is 98.5 Å². The number of hydrogen-bond donors (Lipinski definition) is 0. The molecule has 0 N–H and O–H groups in total. The number of piperidine rings is 4. The molecule has 12 nitrogen and oxygen atoms in total. The molecule has 420 valence electrons. The summed E-state index contributed by atoms with van der Waals surface area (Å²) >= 11 is 33.5. The number of halogens is 7. The largest absolute Gasteiger partial charge is 0.343 e. The van der Waals surface area contributed by atoms with Crippen LogP contribution in [-0.4, -0.2) is 121 Å². The summed E-state index contributed by atoms with van der Waals surface area (Å²) in [6.07, 6.45) is 19.6. The number of carbonyl (C=O) groups excluding carboxylic acids is 4. The average Bonchev–Trinajstić information content (AvgIpc) is 3.95. The Morgan fingerprint density at radius 1 is 0.519 bits per heavy atom. The maximum atomic E-state index is 13.4. The number of imidazole rings is 1. The number of carbonyl (C=O) groups is 4. The second-order valence-electron chi connectivity index (χ2n) is 22.6. The van der Waals surface area contributed by atoms with Crippen molar-refractivity contribution >= 4 is 122 Å². The van der Waals surface area contributed by atoms with Crippen molar-refractivity contribution in [2.24, 2.45) is 23.7 Å². The third-order valence-corrected chi connectivity index (χ3v) is 20.5. The zero-order valence-electron chi connectivity index (χ0n) is 44.6. The van der Waals surface area contributed by atoms with Crippen LogP contribution in [0.1, 0.15) is 127 Å². The molecule has 2 aromatic carbocycles. The number of benzene rings is 2. The maximum Gasteiger partial charge on any atom is 0.242 e. The molecule has 0 spiro atoms. The Morgan fingerprint density at radius 2 is 0.911 bits per heavy atom. The number of hydrogen-bond acceptors (Lipinski definition) is 7. The second kappa shape index (κ2) is 26.5. The van der Waals surface area contributed by atoms with Gasteiger partial charge in [-0.05, 0) is 209 Å². The summed E-state index contributed by atoms with van der Waals surface area (Å²) < 4.78 is 5.95. The van der Waals surface area contributed by atoms with Crippen molar-refractivity contribution in [3.63, 3.8) is 0 Å². The number of aromatic nitrogens is 4. The first-order valence-corrected chi connectivity index (χ1v) is 32.4. The van der Waals surface area contributed by atoms with E-state index in [9.17, 15) is 19.2 Å². The molecule has 4 amide bonds. The number of fused-ring (bicyclic) bond motifs is 4. The molecule has 5 aromatic rings. The average molecular weight is 1390 g/mol. The van der Waals surface area contributed by atoms with E-state index in [4.69, 9.17) is 44.8 Å². The van der Waals surface area contributed by atoms with Crippen molar-refractivity contribution in [2.45, 2.75) is 115 Å². The fourth-order valence-corrected chi connectivity index (χ4v) is 16.6. The van der Waals surface area contributed by atoms with Gasteiger partial charge in [0.2, 0.25) is 23.6 Å². The third-order valence-electron chi connectivity index (χ3n) is 17.6. The lowest BCUT2D eigenvalue weighted by Crippen LogP contribution is -2.43. The highest BCUT2D eigenvalue weighted by atomic mass is 79.9. The monoisotopic (exact) mass is 1380 g/mol. The predicted molar refractivity (Wildman–Crippen MR) is 325 cm³/mol. The maximum absolute atomic E-state index is 13.4. The molecule has 19 heteroatoms. The number of rotatable bonds is 9. The van der Waals surface area contributed by atoms with Crippen LogP contribution in [0.4, 0.5) is 0 Å². The van der Waals surface area contributed by atoms with Crippen LogP contribution in [-0.2, 0) is 51.4 Å². The normalized spacial score (nSPS) is 20.3. The lowest BCUT2D eigenvalue weighted by atomic mass is 9.76. The standard InChI is InChI=1S/C32H36Br2ClN5O2.C28H31Br2Cl2N3O2/c1-20-17-38(19-37-20)18-29(42)40-8-4-21(5-9-40)12-28(41)39-10-6-22(7-11-39)31-30-23(14-26(35)15-27(30)34)2-3-24-13-25(33)16-36-32(24)31;29-21-12-20-2-1-19-13-22(32)14-23(30)26(19)27(28(20)33-16-21)18-5-9-34(10-6-18)24(36)11-17-3-7-35(8-4-17)25(37)15-31/h13-17,19,21-22,31H,2-12,18H2,1H3;12-14,16-18,27H,1-11,15H2/t31-;27-/m11/s1. The minimum Gasteiger partial charge on any atom is -0.343 e. The van der Waals surface area contributed by atoms with Gasteiger partial charge < -0.3 is 24.2 Å². The van der Waals surface area contributed by atoms with E-state index in [-0.39, 0.29) is 41.3 Å². The molecular weight excluding hydrogens is 1320 g/mol. The van der Waals surface area contributed by atoms with E-state index in [0.717, 1.165) is 161 Å². The Bertz CT molecular complexity index is 3060. The van der Waals surface area contributed by atoms with Gasteiger partial charge in [-0.2, -0.15) is 0 Å². The van der Waals surface area contributed by atoms with Crippen LogP contribution in [0, 0.1) is 30.6 Å². The van der Waals surface area contributed by atoms with Crippen LogP contribution in [0.3, 0.4) is 0 Å². The zero-order chi connectivity index (χ0) is 55.5. The van der Waals surface area contributed by atoms with E-state index in [1.165, 1.54) is 33.4 Å². The molecule has 0 radical (unpaired) electrons. The number of likely N-dealkylation sites (tertiary alicyclic amines) is 4. The Hall–Kier alpha value is -3.38. The van der Waals surface area contributed by atoms with Gasteiger partial charge >= 0.3 is 0 Å². The molecule has 7 heterocycles. The summed E-state index contributed by atoms with van der Waals surface area (Å²) in [4.78, 5) is 73.1. The van der Waals surface area contributed by atoms with E-state index in [1.54, 1.807) is 6.33 Å². The van der Waals surface area contributed by atoms with Crippen LogP contribution in [0.2, 0.25) is 10.0 Å². The number of amides is 4. The summed E-state index contributed by atoms with van der Waals surface area (Å²) in [7, 11) is 0. The topological polar surface area (TPSA) is 125 Å². The van der Waals surface area contributed by atoms with Gasteiger partial charge in [0.05, 0.1) is 23.4 Å². The molecular formula is C60H67Br4Cl3N8O4. The molecule has 2 aliphatic carbocycles. The Kier molecular flexibility index (Phi) is 19.7.